The van der Waals surface area contributed by atoms with Gasteiger partial charge in [-0.2, -0.15) is 0 Å². The molecule has 15 heavy (non-hydrogen) atoms. The van der Waals surface area contributed by atoms with Gasteiger partial charge in [0.05, 0.1) is 4.83 Å². The lowest BCUT2D eigenvalue weighted by atomic mass is 10.1. The summed E-state index contributed by atoms with van der Waals surface area (Å²) < 4.78 is 0. The highest BCUT2D eigenvalue weighted by Crippen LogP contribution is 2.22. The molecule has 1 atom stereocenters. The summed E-state index contributed by atoms with van der Waals surface area (Å²) in [6, 6.07) is 4.14. The molecule has 0 aliphatic rings. The van der Waals surface area contributed by atoms with Crippen LogP contribution in [0.1, 0.15) is 23.6 Å². The van der Waals surface area contributed by atoms with E-state index in [1.165, 1.54) is 5.56 Å². The van der Waals surface area contributed by atoms with Gasteiger partial charge in [-0.15, -0.1) is 0 Å². The van der Waals surface area contributed by atoms with Crippen molar-refractivity contribution in [2.75, 3.05) is 5.32 Å². The predicted molar refractivity (Wildman–Crippen MR) is 67.7 cm³/mol. The zero-order chi connectivity index (χ0) is 11.6. The number of aryl methyl sites for hydroxylation is 3. The van der Waals surface area contributed by atoms with Crippen molar-refractivity contribution in [1.82, 2.24) is 0 Å². The Morgan fingerprint density at radius 1 is 1.27 bits per heavy atom. The van der Waals surface area contributed by atoms with Crippen molar-refractivity contribution < 1.29 is 4.79 Å². The second-order valence-corrected chi connectivity index (χ2v) is 5.25. The molecule has 0 aromatic heterocycles. The normalized spacial score (nSPS) is 12.3. The molecule has 0 radical (unpaired) electrons. The molecular weight excluding hydrogens is 254 g/mol. The SMILES string of the molecule is Cc1cc(C)c(NC(=O)[C@@H](C)Br)c(C)c1. The molecule has 0 bridgehead atoms. The van der Waals surface area contributed by atoms with E-state index in [0.29, 0.717) is 0 Å². The number of anilines is 1. The number of carbonyl (C=O) groups is 1. The number of amides is 1. The Hall–Kier alpha value is -0.830. The van der Waals surface area contributed by atoms with Crippen molar-refractivity contribution in [2.24, 2.45) is 0 Å². The number of hydrogen-bond donors (Lipinski definition) is 1. The highest BCUT2D eigenvalue weighted by Gasteiger charge is 2.11. The summed E-state index contributed by atoms with van der Waals surface area (Å²) in [6.45, 7) is 7.88. The van der Waals surface area contributed by atoms with Crippen LogP contribution >= 0.6 is 15.9 Å². The summed E-state index contributed by atoms with van der Waals surface area (Å²) in [5, 5.41) is 2.92. The Balaban J connectivity index is 3.00. The molecule has 3 heteroatoms. The molecule has 1 amide bonds. The lowest BCUT2D eigenvalue weighted by Crippen LogP contribution is -2.21. The fraction of sp³-hybridized carbons (Fsp3) is 0.417. The van der Waals surface area contributed by atoms with Crippen molar-refractivity contribution in [3.8, 4) is 0 Å². The zero-order valence-corrected chi connectivity index (χ0v) is 11.1. The van der Waals surface area contributed by atoms with E-state index in [-0.39, 0.29) is 10.7 Å². The van der Waals surface area contributed by atoms with Crippen LogP contribution in [0.5, 0.6) is 0 Å². The maximum absolute atomic E-state index is 11.5. The number of hydrogen-bond acceptors (Lipinski definition) is 1. The van der Waals surface area contributed by atoms with Gasteiger partial charge < -0.3 is 5.32 Å². The maximum atomic E-state index is 11.5. The van der Waals surface area contributed by atoms with Crippen LogP contribution in [0.25, 0.3) is 0 Å². The van der Waals surface area contributed by atoms with Gasteiger partial charge in [0.15, 0.2) is 0 Å². The van der Waals surface area contributed by atoms with Gasteiger partial charge in [-0.05, 0) is 38.8 Å². The molecule has 0 saturated carbocycles. The smallest absolute Gasteiger partial charge is 0.237 e. The van der Waals surface area contributed by atoms with Gasteiger partial charge in [-0.25, -0.2) is 0 Å². The van der Waals surface area contributed by atoms with Gasteiger partial charge in [0, 0.05) is 5.69 Å². The molecule has 1 rings (SSSR count). The summed E-state index contributed by atoms with van der Waals surface area (Å²) in [6.07, 6.45) is 0. The molecule has 0 aliphatic heterocycles. The monoisotopic (exact) mass is 269 g/mol. The van der Waals surface area contributed by atoms with Gasteiger partial charge in [-0.3, -0.25) is 4.79 Å². The Morgan fingerprint density at radius 2 is 1.73 bits per heavy atom. The van der Waals surface area contributed by atoms with Gasteiger partial charge in [0.1, 0.15) is 0 Å². The second-order valence-electron chi connectivity index (χ2n) is 3.88. The summed E-state index contributed by atoms with van der Waals surface area (Å²) in [5.74, 6) is -0.00921. The molecule has 0 aliphatic carbocycles. The first-order valence-corrected chi connectivity index (χ1v) is 5.86. The maximum Gasteiger partial charge on any atom is 0.237 e. The Labute approximate surface area is 99.2 Å². The third kappa shape index (κ3) is 3.06. The average molecular weight is 270 g/mol. The average Bonchev–Trinajstić information content (AvgIpc) is 2.10. The predicted octanol–water partition coefficient (Wildman–Crippen LogP) is 3.33. The molecule has 1 aromatic carbocycles. The first-order chi connectivity index (χ1) is 6.91. The zero-order valence-electron chi connectivity index (χ0n) is 9.52. The molecule has 2 nitrogen and oxygen atoms in total. The number of carbonyl (C=O) groups excluding carboxylic acids is 1. The summed E-state index contributed by atoms with van der Waals surface area (Å²) >= 11 is 3.25. The van der Waals surface area contributed by atoms with E-state index >= 15 is 0 Å². The standard InChI is InChI=1S/C12H16BrNO/c1-7-5-8(2)11(9(3)6-7)14-12(15)10(4)13/h5-6,10H,1-4H3,(H,14,15)/t10-/m1/s1. The molecule has 0 saturated heterocycles. The number of halogens is 1. The van der Waals surface area contributed by atoms with Crippen LogP contribution in [0.15, 0.2) is 12.1 Å². The quantitative estimate of drug-likeness (QED) is 0.820. The number of nitrogens with one attached hydrogen (secondary N) is 1. The third-order valence-corrected chi connectivity index (χ3v) is 2.70. The lowest BCUT2D eigenvalue weighted by molar-refractivity contribution is -0.115. The van der Waals surface area contributed by atoms with Crippen molar-refractivity contribution in [3.63, 3.8) is 0 Å². The van der Waals surface area contributed by atoms with Gasteiger partial charge in [0.25, 0.3) is 0 Å². The highest BCUT2D eigenvalue weighted by atomic mass is 79.9. The van der Waals surface area contributed by atoms with Crippen LogP contribution in [0, 0.1) is 20.8 Å². The van der Waals surface area contributed by atoms with Crippen LogP contribution in [-0.2, 0) is 4.79 Å². The first kappa shape index (κ1) is 12.2. The van der Waals surface area contributed by atoms with Crippen molar-refractivity contribution in [2.45, 2.75) is 32.5 Å². The largest absolute Gasteiger partial charge is 0.325 e. The molecule has 1 aromatic rings. The van der Waals surface area contributed by atoms with E-state index in [0.717, 1.165) is 16.8 Å². The van der Waals surface area contributed by atoms with E-state index in [1.54, 1.807) is 0 Å². The molecule has 82 valence electrons. The number of benzene rings is 1. The summed E-state index contributed by atoms with van der Waals surface area (Å²) in [7, 11) is 0. The van der Waals surface area contributed by atoms with Crippen LogP contribution in [-0.4, -0.2) is 10.7 Å². The molecular formula is C12H16BrNO. The number of alkyl halides is 1. The van der Waals surface area contributed by atoms with Crippen LogP contribution < -0.4 is 5.32 Å². The van der Waals surface area contributed by atoms with E-state index in [2.05, 4.69) is 40.3 Å². The molecule has 1 N–H and O–H groups in total. The molecule has 0 fully saturated rings. The number of rotatable bonds is 2. The fourth-order valence-electron chi connectivity index (χ4n) is 1.60. The molecule has 0 heterocycles. The van der Waals surface area contributed by atoms with Gasteiger partial charge >= 0.3 is 0 Å². The van der Waals surface area contributed by atoms with Crippen molar-refractivity contribution >= 4 is 27.5 Å². The van der Waals surface area contributed by atoms with E-state index in [4.69, 9.17) is 0 Å². The molecule has 0 spiro atoms. The van der Waals surface area contributed by atoms with Crippen LogP contribution in [0.4, 0.5) is 5.69 Å². The fourth-order valence-corrected chi connectivity index (χ4v) is 1.71. The lowest BCUT2D eigenvalue weighted by Gasteiger charge is -2.13. The van der Waals surface area contributed by atoms with Gasteiger partial charge in [0.2, 0.25) is 5.91 Å². The first-order valence-electron chi connectivity index (χ1n) is 4.94. The van der Waals surface area contributed by atoms with Crippen molar-refractivity contribution in [3.05, 3.63) is 28.8 Å². The van der Waals surface area contributed by atoms with E-state index in [9.17, 15) is 4.79 Å². The van der Waals surface area contributed by atoms with Crippen molar-refractivity contribution in [1.29, 1.82) is 0 Å². The van der Waals surface area contributed by atoms with Crippen LogP contribution in [0.3, 0.4) is 0 Å². The van der Waals surface area contributed by atoms with Crippen LogP contribution in [0.2, 0.25) is 0 Å². The van der Waals surface area contributed by atoms with E-state index < -0.39 is 0 Å². The second kappa shape index (κ2) is 4.79. The molecule has 0 unspecified atom stereocenters. The Morgan fingerprint density at radius 3 is 2.13 bits per heavy atom. The highest BCUT2D eigenvalue weighted by molar-refractivity contribution is 9.10. The summed E-state index contributed by atoms with van der Waals surface area (Å²) in [5.41, 5.74) is 4.36. The van der Waals surface area contributed by atoms with Gasteiger partial charge in [-0.1, -0.05) is 33.6 Å². The Bertz CT molecular complexity index is 362. The topological polar surface area (TPSA) is 29.1 Å². The minimum atomic E-state index is -0.169. The Kier molecular flexibility index (Phi) is 3.91. The minimum Gasteiger partial charge on any atom is -0.325 e. The summed E-state index contributed by atoms with van der Waals surface area (Å²) in [4.78, 5) is 11.4. The van der Waals surface area contributed by atoms with E-state index in [1.807, 2.05) is 20.8 Å². The third-order valence-electron chi connectivity index (χ3n) is 2.29. The minimum absolute atomic E-state index is 0.00921.